The first kappa shape index (κ1) is 8.62. The molecule has 0 atom stereocenters. The van der Waals surface area contributed by atoms with Crippen molar-refractivity contribution < 1.29 is 0 Å². The maximum atomic E-state index is 4.00. The first-order valence-electron chi connectivity index (χ1n) is 4.75. The summed E-state index contributed by atoms with van der Waals surface area (Å²) < 4.78 is 0. The highest BCUT2D eigenvalue weighted by Gasteiger charge is 2.03. The summed E-state index contributed by atoms with van der Waals surface area (Å²) in [6.45, 7) is 0. The Morgan fingerprint density at radius 2 is 1.87 bits per heavy atom. The van der Waals surface area contributed by atoms with E-state index in [0.29, 0.717) is 0 Å². The number of rotatable bonds is 1. The molecule has 0 spiro atoms. The molecule has 0 N–H and O–H groups in total. The second kappa shape index (κ2) is 3.48. The van der Waals surface area contributed by atoms with E-state index in [4.69, 9.17) is 0 Å². The molecule has 0 amide bonds. The van der Waals surface area contributed by atoms with Crippen LogP contribution in [0, 0.1) is 5.51 Å². The summed E-state index contributed by atoms with van der Waals surface area (Å²) in [7, 11) is 0. The van der Waals surface area contributed by atoms with E-state index in [1.165, 1.54) is 21.2 Å². The van der Waals surface area contributed by atoms with Crippen LogP contribution in [0.3, 0.4) is 0 Å². The molecule has 0 aliphatic heterocycles. The number of aromatic nitrogens is 1. The van der Waals surface area contributed by atoms with Gasteiger partial charge in [0.25, 0.3) is 0 Å². The first-order valence-corrected chi connectivity index (χ1v) is 5.57. The number of hydrogen-bond acceptors (Lipinski definition) is 2. The zero-order chi connectivity index (χ0) is 10.1. The minimum atomic E-state index is 1.17. The van der Waals surface area contributed by atoms with Crippen LogP contribution in [0.15, 0.2) is 48.7 Å². The van der Waals surface area contributed by atoms with E-state index in [1.807, 2.05) is 6.20 Å². The maximum Gasteiger partial charge on any atom is 0.152 e. The minimum absolute atomic E-state index is 1.17. The van der Waals surface area contributed by atoms with Gasteiger partial charge in [-0.05, 0) is 10.8 Å². The third kappa shape index (κ3) is 1.43. The quantitative estimate of drug-likeness (QED) is 0.596. The van der Waals surface area contributed by atoms with Crippen molar-refractivity contribution in [2.75, 3.05) is 0 Å². The topological polar surface area (TPSA) is 12.9 Å². The smallest absolute Gasteiger partial charge is 0.152 e. The van der Waals surface area contributed by atoms with Gasteiger partial charge in [0.2, 0.25) is 0 Å². The summed E-state index contributed by atoms with van der Waals surface area (Å²) >= 11 is 1.55. The number of fused-ring (bicyclic) bond motifs is 1. The van der Waals surface area contributed by atoms with Gasteiger partial charge in [-0.1, -0.05) is 42.5 Å². The predicted molar refractivity (Wildman–Crippen MR) is 63.9 cm³/mol. The number of benzene rings is 2. The Kier molecular flexibility index (Phi) is 2.00. The SMILES string of the molecule is [c]1ncc(-c2cccc3ccccc23)s1. The van der Waals surface area contributed by atoms with E-state index in [2.05, 4.69) is 53.0 Å². The van der Waals surface area contributed by atoms with Crippen LogP contribution in [0.1, 0.15) is 0 Å². The Bertz CT molecular complexity index is 579. The Labute approximate surface area is 92.0 Å². The van der Waals surface area contributed by atoms with Crippen LogP contribution >= 0.6 is 11.3 Å². The Hall–Kier alpha value is -1.67. The van der Waals surface area contributed by atoms with Gasteiger partial charge in [-0.25, -0.2) is 4.98 Å². The zero-order valence-corrected chi connectivity index (χ0v) is 8.79. The molecule has 1 radical (unpaired) electrons. The summed E-state index contributed by atoms with van der Waals surface area (Å²) in [5.41, 5.74) is 4.13. The van der Waals surface area contributed by atoms with Crippen molar-refractivity contribution in [1.82, 2.24) is 4.98 Å². The second-order valence-corrected chi connectivity index (χ2v) is 4.17. The molecular weight excluding hydrogens is 202 g/mol. The average molecular weight is 210 g/mol. The molecule has 0 saturated carbocycles. The average Bonchev–Trinajstić information content (AvgIpc) is 2.82. The molecule has 2 aromatic carbocycles. The molecule has 0 aliphatic carbocycles. The lowest BCUT2D eigenvalue weighted by Crippen LogP contribution is -1.77. The molecule has 0 unspecified atom stereocenters. The predicted octanol–water partition coefficient (Wildman–Crippen LogP) is 3.76. The van der Waals surface area contributed by atoms with E-state index in [9.17, 15) is 0 Å². The molecule has 0 fully saturated rings. The molecule has 0 saturated heterocycles. The largest absolute Gasteiger partial charge is 0.241 e. The molecule has 1 heterocycles. The fourth-order valence-corrected chi connectivity index (χ4v) is 2.35. The normalized spacial score (nSPS) is 10.7. The van der Waals surface area contributed by atoms with Gasteiger partial charge in [0.15, 0.2) is 5.51 Å². The molecule has 0 bridgehead atoms. The van der Waals surface area contributed by atoms with Crippen molar-refractivity contribution in [3.8, 4) is 10.4 Å². The van der Waals surface area contributed by atoms with Gasteiger partial charge < -0.3 is 0 Å². The van der Waals surface area contributed by atoms with Gasteiger partial charge in [0, 0.05) is 11.8 Å². The molecule has 3 aromatic rings. The molecule has 2 heteroatoms. The van der Waals surface area contributed by atoms with E-state index in [1.54, 1.807) is 11.3 Å². The van der Waals surface area contributed by atoms with Gasteiger partial charge in [-0.2, -0.15) is 0 Å². The highest BCUT2D eigenvalue weighted by atomic mass is 32.1. The van der Waals surface area contributed by atoms with Crippen molar-refractivity contribution in [3.05, 3.63) is 54.2 Å². The molecular formula is C13H8NS. The van der Waals surface area contributed by atoms with E-state index in [0.717, 1.165) is 0 Å². The standard InChI is InChI=1S/C13H8NS/c1-2-6-11-10(4-1)5-3-7-12(11)13-8-14-9-15-13/h1-8H. The van der Waals surface area contributed by atoms with Crippen molar-refractivity contribution in [1.29, 1.82) is 0 Å². The van der Waals surface area contributed by atoms with Crippen LogP contribution < -0.4 is 0 Å². The number of thiazole rings is 1. The zero-order valence-electron chi connectivity index (χ0n) is 7.97. The minimum Gasteiger partial charge on any atom is -0.241 e. The van der Waals surface area contributed by atoms with Crippen LogP contribution in [0.5, 0.6) is 0 Å². The van der Waals surface area contributed by atoms with Gasteiger partial charge in [-0.3, -0.25) is 0 Å². The lowest BCUT2D eigenvalue weighted by Gasteiger charge is -2.02. The third-order valence-corrected chi connectivity index (χ3v) is 3.19. The third-order valence-electron chi connectivity index (χ3n) is 2.45. The summed E-state index contributed by atoms with van der Waals surface area (Å²) in [6, 6.07) is 14.7. The van der Waals surface area contributed by atoms with Gasteiger partial charge in [0.05, 0.1) is 4.88 Å². The molecule has 71 valence electrons. The van der Waals surface area contributed by atoms with Gasteiger partial charge in [-0.15, -0.1) is 11.3 Å². The maximum absolute atomic E-state index is 4.00. The van der Waals surface area contributed by atoms with Crippen LogP contribution in [0.4, 0.5) is 0 Å². The molecule has 15 heavy (non-hydrogen) atoms. The summed E-state index contributed by atoms with van der Waals surface area (Å²) in [5, 5.41) is 2.54. The van der Waals surface area contributed by atoms with Gasteiger partial charge in [0.1, 0.15) is 0 Å². The monoisotopic (exact) mass is 210 g/mol. The van der Waals surface area contributed by atoms with Crippen molar-refractivity contribution in [2.45, 2.75) is 0 Å². The molecule has 3 rings (SSSR count). The van der Waals surface area contributed by atoms with Crippen molar-refractivity contribution >= 4 is 22.1 Å². The summed E-state index contributed by atoms with van der Waals surface area (Å²) in [5.74, 6) is 0. The fourth-order valence-electron chi connectivity index (χ4n) is 1.75. The Morgan fingerprint density at radius 3 is 2.73 bits per heavy atom. The Morgan fingerprint density at radius 1 is 1.00 bits per heavy atom. The van der Waals surface area contributed by atoms with Crippen LogP contribution in [-0.4, -0.2) is 4.98 Å². The Balaban J connectivity index is 2.36. The summed E-state index contributed by atoms with van der Waals surface area (Å²) in [6.07, 6.45) is 1.87. The molecule has 1 nitrogen and oxygen atoms in total. The number of hydrogen-bond donors (Lipinski definition) is 0. The van der Waals surface area contributed by atoms with E-state index >= 15 is 0 Å². The van der Waals surface area contributed by atoms with Crippen LogP contribution in [-0.2, 0) is 0 Å². The van der Waals surface area contributed by atoms with Crippen LogP contribution in [0.2, 0.25) is 0 Å². The summed E-state index contributed by atoms with van der Waals surface area (Å²) in [4.78, 5) is 5.17. The first-order chi connectivity index (χ1) is 7.45. The highest BCUT2D eigenvalue weighted by molar-refractivity contribution is 7.12. The second-order valence-electron chi connectivity index (χ2n) is 3.34. The number of nitrogens with zero attached hydrogens (tertiary/aromatic N) is 1. The molecule has 0 aliphatic rings. The van der Waals surface area contributed by atoms with Gasteiger partial charge >= 0.3 is 0 Å². The lowest BCUT2D eigenvalue weighted by molar-refractivity contribution is 1.41. The van der Waals surface area contributed by atoms with Crippen molar-refractivity contribution in [2.24, 2.45) is 0 Å². The van der Waals surface area contributed by atoms with E-state index in [-0.39, 0.29) is 0 Å². The molecule has 1 aromatic heterocycles. The fraction of sp³-hybridized carbons (Fsp3) is 0. The highest BCUT2D eigenvalue weighted by Crippen LogP contribution is 2.30. The van der Waals surface area contributed by atoms with E-state index < -0.39 is 0 Å². The lowest BCUT2D eigenvalue weighted by atomic mass is 10.0. The van der Waals surface area contributed by atoms with Crippen molar-refractivity contribution in [3.63, 3.8) is 0 Å². The van der Waals surface area contributed by atoms with Crippen LogP contribution in [0.25, 0.3) is 21.2 Å².